The van der Waals surface area contributed by atoms with E-state index in [1.54, 1.807) is 6.08 Å². The quantitative estimate of drug-likeness (QED) is 0.760. The molecule has 0 aliphatic carbocycles. The number of imide groups is 1. The van der Waals surface area contributed by atoms with E-state index in [0.29, 0.717) is 0 Å². The molecular weight excluding hydrogens is 358 g/mol. The van der Waals surface area contributed by atoms with Gasteiger partial charge in [-0.25, -0.2) is 9.69 Å². The summed E-state index contributed by atoms with van der Waals surface area (Å²) in [4.78, 5) is 25.5. The number of rotatable bonds is 3. The molecule has 0 bridgehead atoms. The van der Waals surface area contributed by atoms with Crippen molar-refractivity contribution in [1.82, 2.24) is 4.90 Å². The second kappa shape index (κ2) is 6.79. The van der Waals surface area contributed by atoms with Crippen molar-refractivity contribution in [3.8, 4) is 0 Å². The Morgan fingerprint density at radius 1 is 1.13 bits per heavy atom. The summed E-state index contributed by atoms with van der Waals surface area (Å²) in [7, 11) is 0. The molecule has 0 unspecified atom stereocenters. The highest BCUT2D eigenvalue weighted by molar-refractivity contribution is 9.10. The standard InChI is InChI=1S/C18H14BrNO3/c19-15-9-6-13(7-10-15)8-11-17(21)20-16(12-23-18(20)22)14-4-2-1-3-5-14/h1-11,16H,12H2/b11-8+/t16-/m1/s1. The third-order valence-electron chi connectivity index (χ3n) is 3.58. The lowest BCUT2D eigenvalue weighted by molar-refractivity contribution is -0.124. The van der Waals surface area contributed by atoms with Crippen molar-refractivity contribution in [1.29, 1.82) is 0 Å². The highest BCUT2D eigenvalue weighted by Crippen LogP contribution is 2.28. The molecule has 4 nitrogen and oxygen atoms in total. The zero-order valence-electron chi connectivity index (χ0n) is 12.2. The Morgan fingerprint density at radius 2 is 1.83 bits per heavy atom. The SMILES string of the molecule is O=C(/C=C/c1ccc(Br)cc1)N1C(=O)OC[C@@H]1c1ccccc1. The molecule has 1 saturated heterocycles. The highest BCUT2D eigenvalue weighted by atomic mass is 79.9. The minimum atomic E-state index is -0.607. The van der Waals surface area contributed by atoms with Crippen molar-refractivity contribution < 1.29 is 14.3 Å². The van der Waals surface area contributed by atoms with Gasteiger partial charge in [-0.15, -0.1) is 0 Å². The third kappa shape index (κ3) is 3.51. The topological polar surface area (TPSA) is 46.6 Å². The van der Waals surface area contributed by atoms with Crippen LogP contribution in [0.2, 0.25) is 0 Å². The maximum atomic E-state index is 12.4. The molecule has 2 aromatic carbocycles. The summed E-state index contributed by atoms with van der Waals surface area (Å²) < 4.78 is 6.01. The van der Waals surface area contributed by atoms with E-state index in [4.69, 9.17) is 4.74 Å². The molecule has 2 aromatic rings. The first-order valence-electron chi connectivity index (χ1n) is 7.14. The molecule has 0 N–H and O–H groups in total. The van der Waals surface area contributed by atoms with E-state index in [1.807, 2.05) is 54.6 Å². The maximum Gasteiger partial charge on any atom is 0.417 e. The number of halogens is 1. The number of carbonyl (C=O) groups excluding carboxylic acids is 2. The monoisotopic (exact) mass is 371 g/mol. The number of ether oxygens (including phenoxy) is 1. The van der Waals surface area contributed by atoms with Crippen molar-refractivity contribution in [2.45, 2.75) is 6.04 Å². The van der Waals surface area contributed by atoms with Crippen molar-refractivity contribution in [3.05, 3.63) is 76.3 Å². The van der Waals surface area contributed by atoms with Gasteiger partial charge in [0.1, 0.15) is 12.6 Å². The molecule has 23 heavy (non-hydrogen) atoms. The van der Waals surface area contributed by atoms with Crippen LogP contribution in [0.4, 0.5) is 4.79 Å². The second-order valence-electron chi connectivity index (χ2n) is 5.10. The minimum absolute atomic E-state index is 0.181. The van der Waals surface area contributed by atoms with E-state index in [9.17, 15) is 9.59 Å². The van der Waals surface area contributed by atoms with Crippen molar-refractivity contribution >= 4 is 34.0 Å². The first-order valence-corrected chi connectivity index (χ1v) is 7.93. The fraction of sp³-hybridized carbons (Fsp3) is 0.111. The molecule has 3 rings (SSSR count). The number of amides is 2. The molecule has 0 aromatic heterocycles. The van der Waals surface area contributed by atoms with Crippen LogP contribution in [0.1, 0.15) is 17.2 Å². The van der Waals surface area contributed by atoms with Gasteiger partial charge in [-0.05, 0) is 29.3 Å². The summed E-state index contributed by atoms with van der Waals surface area (Å²) in [6, 6.07) is 16.6. The molecule has 0 saturated carbocycles. The van der Waals surface area contributed by atoms with Gasteiger partial charge in [0, 0.05) is 10.5 Å². The lowest BCUT2D eigenvalue weighted by atomic mass is 10.1. The van der Waals surface area contributed by atoms with Gasteiger partial charge in [-0.1, -0.05) is 58.4 Å². The van der Waals surface area contributed by atoms with Gasteiger partial charge in [0.15, 0.2) is 0 Å². The van der Waals surface area contributed by atoms with Crippen LogP contribution in [0.15, 0.2) is 65.1 Å². The van der Waals surface area contributed by atoms with Crippen LogP contribution in [0.3, 0.4) is 0 Å². The summed E-state index contributed by atoms with van der Waals surface area (Å²) in [6.45, 7) is 0.181. The Bertz CT molecular complexity index is 741. The van der Waals surface area contributed by atoms with E-state index in [2.05, 4.69) is 15.9 Å². The summed E-state index contributed by atoms with van der Waals surface area (Å²) >= 11 is 3.36. The van der Waals surface area contributed by atoms with E-state index < -0.39 is 6.09 Å². The average Bonchev–Trinajstić information content (AvgIpc) is 2.96. The number of cyclic esters (lactones) is 1. The Hall–Kier alpha value is -2.40. The Labute approximate surface area is 142 Å². The van der Waals surface area contributed by atoms with Crippen LogP contribution in [0.5, 0.6) is 0 Å². The van der Waals surface area contributed by atoms with E-state index in [-0.39, 0.29) is 18.6 Å². The van der Waals surface area contributed by atoms with Crippen LogP contribution in [0, 0.1) is 0 Å². The Balaban J connectivity index is 1.79. The fourth-order valence-electron chi connectivity index (χ4n) is 2.41. The van der Waals surface area contributed by atoms with Gasteiger partial charge in [0.25, 0.3) is 5.91 Å². The van der Waals surface area contributed by atoms with Gasteiger partial charge in [-0.2, -0.15) is 0 Å². The molecule has 0 radical (unpaired) electrons. The number of carbonyl (C=O) groups is 2. The van der Waals surface area contributed by atoms with Crippen molar-refractivity contribution in [3.63, 3.8) is 0 Å². The lowest BCUT2D eigenvalue weighted by Gasteiger charge is -2.18. The fourth-order valence-corrected chi connectivity index (χ4v) is 2.67. The van der Waals surface area contributed by atoms with Gasteiger partial charge >= 0.3 is 6.09 Å². The molecule has 1 aliphatic rings. The molecule has 5 heteroatoms. The lowest BCUT2D eigenvalue weighted by Crippen LogP contribution is -2.32. The minimum Gasteiger partial charge on any atom is -0.446 e. The zero-order chi connectivity index (χ0) is 16.2. The molecular formula is C18H14BrNO3. The molecule has 1 atom stereocenters. The third-order valence-corrected chi connectivity index (χ3v) is 4.11. The summed E-state index contributed by atoms with van der Waals surface area (Å²) in [6.07, 6.45) is 2.47. The summed E-state index contributed by atoms with van der Waals surface area (Å²) in [5.41, 5.74) is 1.76. The maximum absolute atomic E-state index is 12.4. The number of hydrogen-bond acceptors (Lipinski definition) is 3. The van der Waals surface area contributed by atoms with E-state index >= 15 is 0 Å². The number of hydrogen-bond donors (Lipinski definition) is 0. The predicted octanol–water partition coefficient (Wildman–Crippen LogP) is 4.18. The first-order chi connectivity index (χ1) is 11.1. The van der Waals surface area contributed by atoms with Crippen LogP contribution in [-0.4, -0.2) is 23.5 Å². The molecule has 1 fully saturated rings. The first kappa shape index (κ1) is 15.5. The Morgan fingerprint density at radius 3 is 2.52 bits per heavy atom. The second-order valence-corrected chi connectivity index (χ2v) is 6.01. The molecule has 2 amide bonds. The zero-order valence-corrected chi connectivity index (χ0v) is 13.8. The van der Waals surface area contributed by atoms with Crippen molar-refractivity contribution in [2.24, 2.45) is 0 Å². The van der Waals surface area contributed by atoms with Crippen molar-refractivity contribution in [2.75, 3.05) is 6.61 Å². The molecule has 1 heterocycles. The average molecular weight is 372 g/mol. The van der Waals surface area contributed by atoms with Crippen LogP contribution < -0.4 is 0 Å². The highest BCUT2D eigenvalue weighted by Gasteiger charge is 2.37. The number of benzene rings is 2. The molecule has 1 aliphatic heterocycles. The van der Waals surface area contributed by atoms with Gasteiger partial charge in [-0.3, -0.25) is 4.79 Å². The van der Waals surface area contributed by atoms with Gasteiger partial charge in [0.2, 0.25) is 0 Å². The van der Waals surface area contributed by atoms with E-state index in [1.165, 1.54) is 6.08 Å². The normalized spacial score (nSPS) is 17.5. The summed E-state index contributed by atoms with van der Waals surface area (Å²) in [5, 5.41) is 0. The number of nitrogens with zero attached hydrogens (tertiary/aromatic N) is 1. The van der Waals surface area contributed by atoms with Crippen LogP contribution >= 0.6 is 15.9 Å². The predicted molar refractivity (Wildman–Crippen MR) is 90.6 cm³/mol. The molecule has 116 valence electrons. The largest absolute Gasteiger partial charge is 0.446 e. The van der Waals surface area contributed by atoms with Crippen LogP contribution in [-0.2, 0) is 9.53 Å². The van der Waals surface area contributed by atoms with Gasteiger partial charge < -0.3 is 4.74 Å². The van der Waals surface area contributed by atoms with E-state index in [0.717, 1.165) is 20.5 Å². The smallest absolute Gasteiger partial charge is 0.417 e. The van der Waals surface area contributed by atoms with Gasteiger partial charge in [0.05, 0.1) is 0 Å². The van der Waals surface area contributed by atoms with Crippen LogP contribution in [0.25, 0.3) is 6.08 Å². The molecule has 0 spiro atoms. The summed E-state index contributed by atoms with van der Waals surface area (Å²) in [5.74, 6) is -0.385. The Kier molecular flexibility index (Phi) is 4.57.